The van der Waals surface area contributed by atoms with Crippen LogP contribution in [0.5, 0.6) is 0 Å². The van der Waals surface area contributed by atoms with Gasteiger partial charge < -0.3 is 20.1 Å². The van der Waals surface area contributed by atoms with Gasteiger partial charge in [0.15, 0.2) is 10.8 Å². The first kappa shape index (κ1) is 32.2. The number of piperazine rings is 1. The fourth-order valence-electron chi connectivity index (χ4n) is 7.39. The number of aliphatic imine (C=N–C) groups is 1. The number of ether oxygens (including phenoxy) is 1. The number of carboxylic acids is 1. The second-order valence-electron chi connectivity index (χ2n) is 12.5. The number of rotatable bonds is 8. The van der Waals surface area contributed by atoms with Crippen LogP contribution in [0, 0.1) is 5.82 Å². The number of hydrogen-bond donors (Lipinski definition) is 2. The standard InChI is InChI=1S/C34H34ClFN6O5S/c1-47-31(43)27-26(38-29(30-37-12-15-48-30)39-28(27)24-9-6-21(36)16-25(24)35)19-40-13-14-41-23(17-40)18-42(33(41)46)22-7-4-20(5-8-22)34(32(44)45)10-2-3-11-34/h4-9,12,15-16,23,28H,2-3,10-11,13-14,17-19H2,1H3,(H,38,39)(H,44,45)/t23-,28-/m0/s1. The number of carbonyl (C=O) groups excluding carboxylic acids is 2. The smallest absolute Gasteiger partial charge is 0.338 e. The van der Waals surface area contributed by atoms with Crippen LogP contribution < -0.4 is 10.2 Å². The van der Waals surface area contributed by atoms with Gasteiger partial charge in [-0.1, -0.05) is 42.6 Å². The number of nitrogens with zero attached hydrogens (tertiary/aromatic N) is 5. The number of thiazole rings is 1. The van der Waals surface area contributed by atoms with Crippen LogP contribution in [-0.2, 0) is 19.7 Å². The normalized spacial score (nSPS) is 22.4. The highest BCUT2D eigenvalue weighted by molar-refractivity contribution is 7.11. The van der Waals surface area contributed by atoms with E-state index in [1.807, 2.05) is 34.5 Å². The van der Waals surface area contributed by atoms with E-state index < -0.39 is 29.2 Å². The van der Waals surface area contributed by atoms with Gasteiger partial charge in [0.2, 0.25) is 0 Å². The number of aliphatic carboxylic acids is 1. The maximum Gasteiger partial charge on any atom is 0.338 e. The number of carbonyl (C=O) groups is 3. The van der Waals surface area contributed by atoms with Crippen molar-refractivity contribution in [2.45, 2.75) is 43.2 Å². The quantitative estimate of drug-likeness (QED) is 0.317. The summed E-state index contributed by atoms with van der Waals surface area (Å²) in [5.74, 6) is -1.42. The molecule has 2 aromatic carbocycles. The summed E-state index contributed by atoms with van der Waals surface area (Å²) >= 11 is 7.88. The summed E-state index contributed by atoms with van der Waals surface area (Å²) in [4.78, 5) is 54.1. The highest BCUT2D eigenvalue weighted by Crippen LogP contribution is 2.42. The highest BCUT2D eigenvalue weighted by atomic mass is 35.5. The van der Waals surface area contributed by atoms with Crippen molar-refractivity contribution in [3.8, 4) is 0 Å². The number of halogens is 2. The lowest BCUT2D eigenvalue weighted by molar-refractivity contribution is -0.143. The SMILES string of the molecule is COC(=O)C1=C(CN2CCN3C(=O)N(c4ccc(C5(C(=O)O)CCCC5)cc4)C[C@@H]3C2)NC(c2nccs2)=N[C@H]1c1ccc(F)cc1Cl. The number of methoxy groups -OCH3 is 1. The molecule has 1 aromatic heterocycles. The van der Waals surface area contributed by atoms with Crippen molar-refractivity contribution in [2.75, 3.05) is 44.7 Å². The Bertz CT molecular complexity index is 1810. The molecule has 0 spiro atoms. The van der Waals surface area contributed by atoms with Crippen LogP contribution in [-0.4, -0.2) is 89.6 Å². The Labute approximate surface area is 285 Å². The molecule has 0 radical (unpaired) electrons. The average molecular weight is 693 g/mol. The highest BCUT2D eigenvalue weighted by Gasteiger charge is 2.44. The summed E-state index contributed by atoms with van der Waals surface area (Å²) in [7, 11) is 1.30. The van der Waals surface area contributed by atoms with Crippen LogP contribution in [0.15, 0.2) is 70.3 Å². The van der Waals surface area contributed by atoms with E-state index in [-0.39, 0.29) is 22.7 Å². The lowest BCUT2D eigenvalue weighted by Gasteiger charge is -2.38. The molecule has 3 aromatic rings. The topological polar surface area (TPSA) is 128 Å². The number of nitrogens with one attached hydrogen (secondary N) is 1. The van der Waals surface area contributed by atoms with Crippen molar-refractivity contribution in [3.63, 3.8) is 0 Å². The minimum Gasteiger partial charge on any atom is -0.481 e. The van der Waals surface area contributed by atoms with E-state index >= 15 is 0 Å². The maximum atomic E-state index is 14.0. The number of hydrogen-bond acceptors (Lipinski definition) is 9. The van der Waals surface area contributed by atoms with Crippen LogP contribution in [0.25, 0.3) is 0 Å². The Balaban J connectivity index is 1.13. The molecule has 1 saturated carbocycles. The number of anilines is 1. The molecule has 2 amide bonds. The van der Waals surface area contributed by atoms with Crippen molar-refractivity contribution in [2.24, 2.45) is 4.99 Å². The monoisotopic (exact) mass is 692 g/mol. The molecule has 3 fully saturated rings. The fraction of sp³-hybridized carbons (Fsp3) is 0.382. The van der Waals surface area contributed by atoms with Gasteiger partial charge in [0.05, 0.1) is 24.1 Å². The third kappa shape index (κ3) is 5.73. The number of fused-ring (bicyclic) bond motifs is 1. The first-order valence-corrected chi connectivity index (χ1v) is 17.1. The summed E-state index contributed by atoms with van der Waals surface area (Å²) in [5, 5.41) is 15.9. The van der Waals surface area contributed by atoms with E-state index in [0.717, 1.165) is 24.1 Å². The number of esters is 1. The Hall–Kier alpha value is -4.33. The molecule has 250 valence electrons. The summed E-state index contributed by atoms with van der Waals surface area (Å²) in [6.07, 6.45) is 4.68. The maximum absolute atomic E-state index is 14.0. The third-order valence-corrected chi connectivity index (χ3v) is 10.9. The molecule has 0 bridgehead atoms. The van der Waals surface area contributed by atoms with Crippen LogP contribution in [0.4, 0.5) is 14.9 Å². The zero-order valence-corrected chi connectivity index (χ0v) is 27.8. The zero-order valence-electron chi connectivity index (χ0n) is 26.2. The number of aromatic nitrogens is 1. The Morgan fingerprint density at radius 3 is 2.58 bits per heavy atom. The van der Waals surface area contributed by atoms with Crippen molar-refractivity contribution in [1.82, 2.24) is 20.1 Å². The molecule has 2 N–H and O–H groups in total. The van der Waals surface area contributed by atoms with Crippen molar-refractivity contribution in [1.29, 1.82) is 0 Å². The first-order valence-electron chi connectivity index (χ1n) is 15.8. The number of amides is 2. The number of carboxylic acid groups (broad SMARTS) is 1. The lowest BCUT2D eigenvalue weighted by Crippen LogP contribution is -2.53. The molecule has 4 heterocycles. The van der Waals surface area contributed by atoms with E-state index in [1.54, 1.807) is 11.1 Å². The fourth-order valence-corrected chi connectivity index (χ4v) is 8.25. The lowest BCUT2D eigenvalue weighted by atomic mass is 9.79. The predicted molar refractivity (Wildman–Crippen MR) is 179 cm³/mol. The molecule has 2 saturated heterocycles. The molecular weight excluding hydrogens is 659 g/mol. The van der Waals surface area contributed by atoms with Gasteiger partial charge in [-0.2, -0.15) is 0 Å². The predicted octanol–water partition coefficient (Wildman–Crippen LogP) is 4.98. The molecule has 3 aliphatic heterocycles. The van der Waals surface area contributed by atoms with E-state index in [1.165, 1.54) is 36.6 Å². The van der Waals surface area contributed by atoms with Crippen LogP contribution in [0.1, 0.15) is 47.9 Å². The van der Waals surface area contributed by atoms with Crippen LogP contribution in [0.3, 0.4) is 0 Å². The van der Waals surface area contributed by atoms with Crippen LogP contribution in [0.2, 0.25) is 5.02 Å². The van der Waals surface area contributed by atoms with E-state index in [0.29, 0.717) is 67.7 Å². The van der Waals surface area contributed by atoms with Crippen LogP contribution >= 0.6 is 22.9 Å². The van der Waals surface area contributed by atoms with E-state index in [2.05, 4.69) is 15.2 Å². The minimum atomic E-state index is -0.863. The summed E-state index contributed by atoms with van der Waals surface area (Å²) in [5.41, 5.74) is 1.94. The molecule has 4 aliphatic rings. The van der Waals surface area contributed by atoms with Crippen molar-refractivity contribution in [3.05, 3.63) is 92.3 Å². The Morgan fingerprint density at radius 1 is 1.15 bits per heavy atom. The molecule has 11 nitrogen and oxygen atoms in total. The average Bonchev–Trinajstić information content (AvgIpc) is 3.86. The largest absolute Gasteiger partial charge is 0.481 e. The summed E-state index contributed by atoms with van der Waals surface area (Å²) in [6.45, 7) is 2.39. The van der Waals surface area contributed by atoms with Crippen molar-refractivity contribution >= 4 is 52.4 Å². The first-order chi connectivity index (χ1) is 23.2. The van der Waals surface area contributed by atoms with Crippen molar-refractivity contribution < 1.29 is 28.6 Å². The Kier molecular flexibility index (Phi) is 8.69. The molecule has 14 heteroatoms. The number of benzene rings is 2. The summed E-state index contributed by atoms with van der Waals surface area (Å²) in [6, 6.07) is 10.4. The minimum absolute atomic E-state index is 0.0873. The number of urea groups is 1. The van der Waals surface area contributed by atoms with Gasteiger partial charge in [-0.05, 0) is 42.7 Å². The van der Waals surface area contributed by atoms with Gasteiger partial charge in [-0.15, -0.1) is 11.3 Å². The van der Waals surface area contributed by atoms with Gasteiger partial charge in [0.1, 0.15) is 11.9 Å². The van der Waals surface area contributed by atoms with E-state index in [9.17, 15) is 23.9 Å². The molecule has 2 atom stereocenters. The number of amidine groups is 1. The van der Waals surface area contributed by atoms with Gasteiger partial charge in [0, 0.05) is 66.3 Å². The summed E-state index contributed by atoms with van der Waals surface area (Å²) < 4.78 is 19.2. The molecule has 48 heavy (non-hydrogen) atoms. The van der Waals surface area contributed by atoms with Gasteiger partial charge in [-0.25, -0.2) is 19.0 Å². The molecule has 1 aliphatic carbocycles. The van der Waals surface area contributed by atoms with Gasteiger partial charge >= 0.3 is 18.0 Å². The zero-order chi connectivity index (χ0) is 33.6. The molecular formula is C34H34ClFN6O5S. The third-order valence-electron chi connectivity index (χ3n) is 9.84. The Morgan fingerprint density at radius 2 is 1.92 bits per heavy atom. The molecule has 0 unspecified atom stereocenters. The second-order valence-corrected chi connectivity index (χ2v) is 13.8. The van der Waals surface area contributed by atoms with Gasteiger partial charge in [0.25, 0.3) is 0 Å². The molecule has 7 rings (SSSR count). The van der Waals surface area contributed by atoms with Gasteiger partial charge in [-0.3, -0.25) is 19.6 Å². The second kappa shape index (κ2) is 12.9. The van der Waals surface area contributed by atoms with E-state index in [4.69, 9.17) is 21.3 Å².